The molecule has 1 aromatic rings. The first-order chi connectivity index (χ1) is 9.84. The zero-order chi connectivity index (χ0) is 15.6. The van der Waals surface area contributed by atoms with E-state index in [2.05, 4.69) is 19.2 Å². The molecule has 0 bridgehead atoms. The monoisotopic (exact) mass is 310 g/mol. The summed E-state index contributed by atoms with van der Waals surface area (Å²) in [6.07, 6.45) is 1.10. The van der Waals surface area contributed by atoms with E-state index < -0.39 is 10.0 Å². The Bertz CT molecular complexity index is 588. The highest BCUT2D eigenvalue weighted by atomic mass is 32.2. The van der Waals surface area contributed by atoms with E-state index >= 15 is 0 Å². The minimum absolute atomic E-state index is 0.421. The van der Waals surface area contributed by atoms with Crippen molar-refractivity contribution in [1.29, 1.82) is 0 Å². The highest BCUT2D eigenvalue weighted by Gasteiger charge is 2.32. The van der Waals surface area contributed by atoms with E-state index in [-0.39, 0.29) is 0 Å². The molecular weight excluding hydrogens is 284 g/mol. The van der Waals surface area contributed by atoms with Gasteiger partial charge in [0.25, 0.3) is 0 Å². The van der Waals surface area contributed by atoms with E-state index in [0.29, 0.717) is 36.4 Å². The van der Waals surface area contributed by atoms with Crippen LogP contribution >= 0.6 is 0 Å². The molecule has 0 spiro atoms. The second-order valence-electron chi connectivity index (χ2n) is 6.40. The Morgan fingerprint density at radius 2 is 1.86 bits per heavy atom. The van der Waals surface area contributed by atoms with Crippen LogP contribution in [0.25, 0.3) is 0 Å². The minimum atomic E-state index is -3.39. The Morgan fingerprint density at radius 3 is 2.43 bits per heavy atom. The molecule has 21 heavy (non-hydrogen) atoms. The fraction of sp³-hybridized carbons (Fsp3) is 0.625. The number of benzene rings is 1. The summed E-state index contributed by atoms with van der Waals surface area (Å²) < 4.78 is 27.6. The number of aryl methyl sites for hydroxylation is 1. The van der Waals surface area contributed by atoms with Crippen molar-refractivity contribution in [1.82, 2.24) is 9.62 Å². The Balaban J connectivity index is 2.36. The van der Waals surface area contributed by atoms with Gasteiger partial charge in [0.2, 0.25) is 10.0 Å². The molecule has 0 aliphatic carbocycles. The summed E-state index contributed by atoms with van der Waals surface area (Å²) >= 11 is 0. The molecule has 2 atom stereocenters. The van der Waals surface area contributed by atoms with Crippen molar-refractivity contribution in [2.45, 2.75) is 38.6 Å². The zero-order valence-electron chi connectivity index (χ0n) is 13.4. The molecule has 4 nitrogen and oxygen atoms in total. The highest BCUT2D eigenvalue weighted by molar-refractivity contribution is 7.89. The molecule has 0 radical (unpaired) electrons. The molecule has 1 aliphatic heterocycles. The highest BCUT2D eigenvalue weighted by Crippen LogP contribution is 2.28. The van der Waals surface area contributed by atoms with Gasteiger partial charge >= 0.3 is 0 Å². The zero-order valence-corrected chi connectivity index (χ0v) is 14.2. The first kappa shape index (κ1) is 16.5. The first-order valence-electron chi connectivity index (χ1n) is 7.59. The van der Waals surface area contributed by atoms with Crippen molar-refractivity contribution in [2.24, 2.45) is 11.8 Å². The molecule has 1 aromatic carbocycles. The predicted octanol–water partition coefficient (Wildman–Crippen LogP) is 2.38. The average Bonchev–Trinajstić information content (AvgIpc) is 2.40. The Labute approximate surface area is 128 Å². The molecule has 5 heteroatoms. The van der Waals surface area contributed by atoms with E-state index in [9.17, 15) is 8.42 Å². The van der Waals surface area contributed by atoms with Crippen LogP contribution in [-0.2, 0) is 16.6 Å². The lowest BCUT2D eigenvalue weighted by atomic mass is 9.94. The van der Waals surface area contributed by atoms with Crippen LogP contribution in [0, 0.1) is 18.8 Å². The summed E-state index contributed by atoms with van der Waals surface area (Å²) in [5.74, 6) is 0.841. The quantitative estimate of drug-likeness (QED) is 0.929. The van der Waals surface area contributed by atoms with Crippen LogP contribution in [-0.4, -0.2) is 32.9 Å². The van der Waals surface area contributed by atoms with Crippen molar-refractivity contribution in [3.8, 4) is 0 Å². The van der Waals surface area contributed by atoms with Crippen LogP contribution in [0.15, 0.2) is 23.1 Å². The number of hydrogen-bond acceptors (Lipinski definition) is 3. The standard InChI is InChI=1S/C16H26N2O2S/c1-12-7-13(2)11-18(10-12)21(19,20)16-8-15(9-17-4)6-5-14(16)3/h5-6,8,12-13,17H,7,9-11H2,1-4H3. The summed E-state index contributed by atoms with van der Waals surface area (Å²) in [5, 5.41) is 3.07. The van der Waals surface area contributed by atoms with Crippen molar-refractivity contribution in [3.05, 3.63) is 29.3 Å². The van der Waals surface area contributed by atoms with Crippen LogP contribution in [0.2, 0.25) is 0 Å². The maximum absolute atomic E-state index is 13.0. The fourth-order valence-corrected chi connectivity index (χ4v) is 5.13. The van der Waals surface area contributed by atoms with Crippen molar-refractivity contribution in [3.63, 3.8) is 0 Å². The van der Waals surface area contributed by atoms with Crippen LogP contribution in [0.1, 0.15) is 31.4 Å². The summed E-state index contributed by atoms with van der Waals surface area (Å²) in [6.45, 7) is 8.05. The molecule has 0 amide bonds. The van der Waals surface area contributed by atoms with Gasteiger partial charge in [0, 0.05) is 19.6 Å². The van der Waals surface area contributed by atoms with Gasteiger partial charge in [0.15, 0.2) is 0 Å². The van der Waals surface area contributed by atoms with E-state index in [0.717, 1.165) is 17.5 Å². The predicted molar refractivity (Wildman–Crippen MR) is 85.6 cm³/mol. The summed E-state index contributed by atoms with van der Waals surface area (Å²) in [6, 6.07) is 5.69. The molecule has 1 N–H and O–H groups in total. The summed E-state index contributed by atoms with van der Waals surface area (Å²) in [5.41, 5.74) is 1.82. The molecule has 1 fully saturated rings. The fourth-order valence-electron chi connectivity index (χ4n) is 3.18. The van der Waals surface area contributed by atoms with Gasteiger partial charge in [-0.15, -0.1) is 0 Å². The third kappa shape index (κ3) is 3.65. The van der Waals surface area contributed by atoms with Gasteiger partial charge < -0.3 is 5.32 Å². The Kier molecular flexibility index (Phi) is 5.07. The molecule has 0 aromatic heterocycles. The second kappa shape index (κ2) is 6.46. The lowest BCUT2D eigenvalue weighted by Crippen LogP contribution is -2.42. The molecule has 0 saturated carbocycles. The average molecular weight is 310 g/mol. The van der Waals surface area contributed by atoms with Gasteiger partial charge in [-0.1, -0.05) is 26.0 Å². The first-order valence-corrected chi connectivity index (χ1v) is 9.03. The Hall–Kier alpha value is -0.910. The molecular formula is C16H26N2O2S. The van der Waals surface area contributed by atoms with Crippen LogP contribution < -0.4 is 5.32 Å². The van der Waals surface area contributed by atoms with Crippen molar-refractivity contribution >= 4 is 10.0 Å². The number of nitrogens with zero attached hydrogens (tertiary/aromatic N) is 1. The van der Waals surface area contributed by atoms with Gasteiger partial charge in [-0.2, -0.15) is 4.31 Å². The number of piperidine rings is 1. The van der Waals surface area contributed by atoms with Gasteiger partial charge in [0.1, 0.15) is 0 Å². The molecule has 118 valence electrons. The topological polar surface area (TPSA) is 49.4 Å². The summed E-state index contributed by atoms with van der Waals surface area (Å²) in [4.78, 5) is 0.455. The van der Waals surface area contributed by atoms with E-state index in [4.69, 9.17) is 0 Å². The van der Waals surface area contributed by atoms with Gasteiger partial charge in [-0.25, -0.2) is 8.42 Å². The molecule has 2 rings (SSSR count). The summed E-state index contributed by atoms with van der Waals surface area (Å²) in [7, 11) is -1.53. The second-order valence-corrected chi connectivity index (χ2v) is 8.30. The van der Waals surface area contributed by atoms with Gasteiger partial charge in [-0.05, 0) is 49.4 Å². The van der Waals surface area contributed by atoms with Crippen molar-refractivity contribution in [2.75, 3.05) is 20.1 Å². The van der Waals surface area contributed by atoms with Crippen LogP contribution in [0.3, 0.4) is 0 Å². The van der Waals surface area contributed by atoms with Crippen LogP contribution in [0.5, 0.6) is 0 Å². The van der Waals surface area contributed by atoms with E-state index in [1.165, 1.54) is 0 Å². The maximum Gasteiger partial charge on any atom is 0.243 e. The number of rotatable bonds is 4. The van der Waals surface area contributed by atoms with Crippen LogP contribution in [0.4, 0.5) is 0 Å². The number of nitrogens with one attached hydrogen (secondary N) is 1. The maximum atomic E-state index is 13.0. The smallest absolute Gasteiger partial charge is 0.243 e. The third-order valence-corrected chi connectivity index (χ3v) is 6.06. The van der Waals surface area contributed by atoms with Gasteiger partial charge in [-0.3, -0.25) is 0 Å². The third-order valence-electron chi connectivity index (χ3n) is 4.09. The van der Waals surface area contributed by atoms with E-state index in [1.54, 1.807) is 4.31 Å². The molecule has 1 aliphatic rings. The number of hydrogen-bond donors (Lipinski definition) is 1. The SMILES string of the molecule is CNCc1ccc(C)c(S(=O)(=O)N2CC(C)CC(C)C2)c1. The van der Waals surface area contributed by atoms with E-state index in [1.807, 2.05) is 32.2 Å². The minimum Gasteiger partial charge on any atom is -0.316 e. The molecule has 1 saturated heterocycles. The lowest BCUT2D eigenvalue weighted by Gasteiger charge is -2.34. The van der Waals surface area contributed by atoms with Crippen molar-refractivity contribution < 1.29 is 8.42 Å². The molecule has 2 unspecified atom stereocenters. The Morgan fingerprint density at radius 1 is 1.24 bits per heavy atom. The largest absolute Gasteiger partial charge is 0.316 e. The molecule has 1 heterocycles. The normalized spacial score (nSPS) is 24.2. The lowest BCUT2D eigenvalue weighted by molar-refractivity contribution is 0.222. The number of sulfonamides is 1. The van der Waals surface area contributed by atoms with Gasteiger partial charge in [0.05, 0.1) is 4.90 Å².